The van der Waals surface area contributed by atoms with Gasteiger partial charge < -0.3 is 15.1 Å². The molecule has 0 heterocycles. The van der Waals surface area contributed by atoms with Gasteiger partial charge in [-0.1, -0.05) is 25.5 Å². The second-order valence-electron chi connectivity index (χ2n) is 5.85. The molecule has 1 amide bonds. The maximum Gasteiger partial charge on any atom is 0.253 e. The first-order valence-corrected chi connectivity index (χ1v) is 8.87. The molecule has 0 aliphatic rings. The molecular weight excluding hydrogens is 427 g/mol. The first kappa shape index (κ1) is 23.7. The number of halogens is 1. The molecule has 0 bridgehead atoms. The number of hydrogen-bond acceptors (Lipinski definition) is 2. The van der Waals surface area contributed by atoms with Crippen LogP contribution in [-0.2, 0) is 6.54 Å². The Labute approximate surface area is 169 Å². The predicted octanol–water partition coefficient (Wildman–Crippen LogP) is 3.59. The first-order valence-electron chi connectivity index (χ1n) is 8.87. The van der Waals surface area contributed by atoms with Crippen LogP contribution in [0.3, 0.4) is 0 Å². The highest BCUT2D eigenvalue weighted by Gasteiger charge is 2.12. The van der Waals surface area contributed by atoms with Crippen LogP contribution in [0.5, 0.6) is 0 Å². The van der Waals surface area contributed by atoms with Crippen LogP contribution in [0.15, 0.2) is 29.3 Å². The molecule has 0 radical (unpaired) electrons. The molecule has 0 aliphatic heterocycles. The Bertz CT molecular complexity index is 527. The maximum absolute atomic E-state index is 12.3. The maximum atomic E-state index is 12.3. The first-order chi connectivity index (χ1) is 11.6. The molecular formula is C19H33IN4O. The summed E-state index contributed by atoms with van der Waals surface area (Å²) >= 11 is 0. The quantitative estimate of drug-likeness (QED) is 0.367. The van der Waals surface area contributed by atoms with Crippen LogP contribution in [0.1, 0.15) is 49.5 Å². The van der Waals surface area contributed by atoms with Gasteiger partial charge in [0.1, 0.15) is 0 Å². The Hall–Kier alpha value is -1.31. The van der Waals surface area contributed by atoms with Crippen molar-refractivity contribution in [3.05, 3.63) is 35.4 Å². The molecule has 25 heavy (non-hydrogen) atoms. The molecule has 0 unspecified atom stereocenters. The summed E-state index contributed by atoms with van der Waals surface area (Å²) in [6.07, 6.45) is 2.32. The summed E-state index contributed by atoms with van der Waals surface area (Å²) < 4.78 is 0. The number of aliphatic imine (C=N–C) groups is 1. The van der Waals surface area contributed by atoms with E-state index in [9.17, 15) is 4.79 Å². The van der Waals surface area contributed by atoms with Gasteiger partial charge >= 0.3 is 0 Å². The number of nitrogens with one attached hydrogen (secondary N) is 1. The van der Waals surface area contributed by atoms with Gasteiger partial charge in [-0.15, -0.1) is 24.0 Å². The molecule has 1 aromatic carbocycles. The minimum Gasteiger partial charge on any atom is -0.352 e. The second kappa shape index (κ2) is 13.0. The number of benzene rings is 1. The Morgan fingerprint density at radius 2 is 1.72 bits per heavy atom. The summed E-state index contributed by atoms with van der Waals surface area (Å²) in [5.41, 5.74) is 1.88. The zero-order chi connectivity index (χ0) is 17.9. The summed E-state index contributed by atoms with van der Waals surface area (Å²) in [4.78, 5) is 20.6. The topological polar surface area (TPSA) is 47.9 Å². The predicted molar refractivity (Wildman–Crippen MR) is 117 cm³/mol. The lowest BCUT2D eigenvalue weighted by Gasteiger charge is -2.22. The van der Waals surface area contributed by atoms with Crippen molar-refractivity contribution >= 4 is 35.8 Å². The third kappa shape index (κ3) is 7.63. The zero-order valence-corrected chi connectivity index (χ0v) is 18.5. The van der Waals surface area contributed by atoms with Crippen LogP contribution in [-0.4, -0.2) is 55.4 Å². The lowest BCUT2D eigenvalue weighted by atomic mass is 10.1. The van der Waals surface area contributed by atoms with E-state index in [0.717, 1.165) is 43.1 Å². The SMILES string of the molecule is CCCCN(C)C(=NC)NCc1ccc(C(=O)N(CC)CC)cc1.I. The highest BCUT2D eigenvalue weighted by Crippen LogP contribution is 2.08. The number of nitrogens with zero attached hydrogens (tertiary/aromatic N) is 3. The van der Waals surface area contributed by atoms with E-state index in [-0.39, 0.29) is 29.9 Å². The van der Waals surface area contributed by atoms with Crippen molar-refractivity contribution in [1.29, 1.82) is 0 Å². The molecule has 0 aromatic heterocycles. The van der Waals surface area contributed by atoms with Crippen molar-refractivity contribution in [3.63, 3.8) is 0 Å². The van der Waals surface area contributed by atoms with Gasteiger partial charge in [0, 0.05) is 45.8 Å². The van der Waals surface area contributed by atoms with E-state index in [2.05, 4.69) is 29.2 Å². The fraction of sp³-hybridized carbons (Fsp3) is 0.579. The van der Waals surface area contributed by atoms with Crippen molar-refractivity contribution in [1.82, 2.24) is 15.1 Å². The van der Waals surface area contributed by atoms with Crippen molar-refractivity contribution in [2.45, 2.75) is 40.2 Å². The van der Waals surface area contributed by atoms with Gasteiger partial charge in [0.15, 0.2) is 5.96 Å². The van der Waals surface area contributed by atoms with Crippen LogP contribution in [0.2, 0.25) is 0 Å². The summed E-state index contributed by atoms with van der Waals surface area (Å²) in [5.74, 6) is 0.987. The molecule has 1 aromatic rings. The van der Waals surface area contributed by atoms with Gasteiger partial charge in [0.2, 0.25) is 0 Å². The van der Waals surface area contributed by atoms with Gasteiger partial charge in [-0.2, -0.15) is 0 Å². The van der Waals surface area contributed by atoms with Gasteiger partial charge in [-0.05, 0) is 38.0 Å². The number of carbonyl (C=O) groups is 1. The zero-order valence-electron chi connectivity index (χ0n) is 16.2. The van der Waals surface area contributed by atoms with E-state index in [0.29, 0.717) is 6.54 Å². The van der Waals surface area contributed by atoms with Crippen molar-refractivity contribution in [3.8, 4) is 0 Å². The Balaban J connectivity index is 0.00000576. The van der Waals surface area contributed by atoms with Crippen molar-refractivity contribution < 1.29 is 4.79 Å². The van der Waals surface area contributed by atoms with Crippen LogP contribution in [0.4, 0.5) is 0 Å². The molecule has 0 atom stereocenters. The molecule has 0 saturated heterocycles. The normalized spacial score (nSPS) is 10.8. The minimum atomic E-state index is 0. The highest BCUT2D eigenvalue weighted by molar-refractivity contribution is 14.0. The molecule has 142 valence electrons. The largest absolute Gasteiger partial charge is 0.352 e. The molecule has 6 heteroatoms. The summed E-state index contributed by atoms with van der Waals surface area (Å²) in [5, 5.41) is 3.37. The van der Waals surface area contributed by atoms with Gasteiger partial charge in [-0.3, -0.25) is 9.79 Å². The lowest BCUT2D eigenvalue weighted by Crippen LogP contribution is -2.38. The average Bonchev–Trinajstić information content (AvgIpc) is 2.61. The third-order valence-corrected chi connectivity index (χ3v) is 4.12. The molecule has 0 spiro atoms. The molecule has 1 N–H and O–H groups in total. The van der Waals surface area contributed by atoms with Crippen LogP contribution in [0.25, 0.3) is 0 Å². The highest BCUT2D eigenvalue weighted by atomic mass is 127. The molecule has 0 fully saturated rings. The van der Waals surface area contributed by atoms with E-state index < -0.39 is 0 Å². The van der Waals surface area contributed by atoms with E-state index in [1.54, 1.807) is 7.05 Å². The fourth-order valence-corrected chi connectivity index (χ4v) is 2.53. The van der Waals surface area contributed by atoms with Gasteiger partial charge in [-0.25, -0.2) is 0 Å². The Morgan fingerprint density at radius 1 is 1.12 bits per heavy atom. The third-order valence-electron chi connectivity index (χ3n) is 4.12. The number of amides is 1. The van der Waals surface area contributed by atoms with Crippen LogP contribution < -0.4 is 5.32 Å². The van der Waals surface area contributed by atoms with Crippen molar-refractivity contribution in [2.24, 2.45) is 4.99 Å². The fourth-order valence-electron chi connectivity index (χ4n) is 2.53. The standard InChI is InChI=1S/C19H32N4O.HI/c1-6-9-14-22(5)19(20-4)21-15-16-10-12-17(13-11-16)18(24)23(7-2)8-3;/h10-13H,6-9,14-15H2,1-5H3,(H,20,21);1H. The number of carbonyl (C=O) groups excluding carboxylic acids is 1. The molecule has 1 rings (SSSR count). The van der Waals surface area contributed by atoms with Crippen molar-refractivity contribution in [2.75, 3.05) is 33.7 Å². The molecule has 5 nitrogen and oxygen atoms in total. The lowest BCUT2D eigenvalue weighted by molar-refractivity contribution is 0.0773. The Kier molecular flexibility index (Phi) is 12.3. The van der Waals surface area contributed by atoms with E-state index in [4.69, 9.17) is 0 Å². The summed E-state index contributed by atoms with van der Waals surface area (Å²) in [7, 11) is 3.85. The smallest absolute Gasteiger partial charge is 0.253 e. The average molecular weight is 460 g/mol. The van der Waals surface area contributed by atoms with Crippen LogP contribution >= 0.6 is 24.0 Å². The number of guanidine groups is 1. The van der Waals surface area contributed by atoms with E-state index >= 15 is 0 Å². The number of hydrogen-bond donors (Lipinski definition) is 1. The summed E-state index contributed by atoms with van der Waals surface area (Å²) in [6.45, 7) is 9.35. The minimum absolute atomic E-state index is 0. The monoisotopic (exact) mass is 460 g/mol. The van der Waals surface area contributed by atoms with E-state index in [1.807, 2.05) is 43.0 Å². The summed E-state index contributed by atoms with van der Waals surface area (Å²) in [6, 6.07) is 7.81. The second-order valence-corrected chi connectivity index (χ2v) is 5.85. The van der Waals surface area contributed by atoms with Gasteiger partial charge in [0.25, 0.3) is 5.91 Å². The van der Waals surface area contributed by atoms with Crippen LogP contribution in [0, 0.1) is 0 Å². The number of rotatable bonds is 8. The van der Waals surface area contributed by atoms with E-state index in [1.165, 1.54) is 6.42 Å². The Morgan fingerprint density at radius 3 is 2.20 bits per heavy atom. The van der Waals surface area contributed by atoms with Gasteiger partial charge in [0.05, 0.1) is 0 Å². The molecule has 0 aliphatic carbocycles. The number of unbranched alkanes of at least 4 members (excludes halogenated alkanes) is 1. The molecule has 0 saturated carbocycles.